The molecule has 1 aliphatic carbocycles. The van der Waals surface area contributed by atoms with E-state index in [9.17, 15) is 13.2 Å². The van der Waals surface area contributed by atoms with E-state index >= 15 is 0 Å². The summed E-state index contributed by atoms with van der Waals surface area (Å²) < 4.78 is 24.3. The van der Waals surface area contributed by atoms with E-state index in [1.165, 1.54) is 16.9 Å². The van der Waals surface area contributed by atoms with Gasteiger partial charge in [0.1, 0.15) is 0 Å². The van der Waals surface area contributed by atoms with Crippen LogP contribution in [0.4, 0.5) is 5.69 Å². The largest absolute Gasteiger partial charge is 0.345 e. The summed E-state index contributed by atoms with van der Waals surface area (Å²) in [5.74, 6) is -0.179. The Hall–Kier alpha value is -2.05. The van der Waals surface area contributed by atoms with Crippen molar-refractivity contribution in [2.75, 3.05) is 17.6 Å². The van der Waals surface area contributed by atoms with Gasteiger partial charge in [-0.1, -0.05) is 17.7 Å². The number of anilines is 1. The Morgan fingerprint density at radius 2 is 1.88 bits per heavy atom. The van der Waals surface area contributed by atoms with E-state index in [4.69, 9.17) is 11.6 Å². The minimum atomic E-state index is -3.32. The number of benzene rings is 2. The number of fused-ring (bicyclic) bond motifs is 1. The van der Waals surface area contributed by atoms with E-state index in [0.29, 0.717) is 16.3 Å². The summed E-state index contributed by atoms with van der Waals surface area (Å²) in [5.41, 5.74) is 3.28. The molecular formula is C18H19ClN2O3S. The quantitative estimate of drug-likeness (QED) is 0.888. The molecule has 1 N–H and O–H groups in total. The molecule has 2 aromatic carbocycles. The summed E-state index contributed by atoms with van der Waals surface area (Å²) >= 11 is 6.01. The number of halogens is 1. The highest BCUT2D eigenvalue weighted by molar-refractivity contribution is 7.92. The molecule has 3 rings (SSSR count). The lowest BCUT2D eigenvalue weighted by Crippen LogP contribution is -2.27. The van der Waals surface area contributed by atoms with E-state index in [1.807, 2.05) is 18.2 Å². The second-order valence-electron chi connectivity index (χ2n) is 6.19. The topological polar surface area (TPSA) is 66.5 Å². The van der Waals surface area contributed by atoms with Gasteiger partial charge in [0.2, 0.25) is 10.0 Å². The molecule has 1 atom stereocenters. The smallest absolute Gasteiger partial charge is 0.251 e. The highest BCUT2D eigenvalue weighted by atomic mass is 35.5. The average Bonchev–Trinajstić information content (AvgIpc) is 2.95. The van der Waals surface area contributed by atoms with Crippen molar-refractivity contribution in [1.82, 2.24) is 5.32 Å². The summed E-state index contributed by atoms with van der Waals surface area (Å²) in [6.07, 6.45) is 2.87. The summed E-state index contributed by atoms with van der Waals surface area (Å²) in [6, 6.07) is 12.2. The zero-order valence-corrected chi connectivity index (χ0v) is 15.6. The Kier molecular flexibility index (Phi) is 4.75. The van der Waals surface area contributed by atoms with Gasteiger partial charge in [-0.25, -0.2) is 8.42 Å². The van der Waals surface area contributed by atoms with Crippen molar-refractivity contribution < 1.29 is 13.2 Å². The number of rotatable bonds is 4. The Balaban J connectivity index is 1.73. The molecule has 7 heteroatoms. The lowest BCUT2D eigenvalue weighted by Gasteiger charge is -2.17. The van der Waals surface area contributed by atoms with Crippen LogP contribution in [-0.4, -0.2) is 27.6 Å². The molecule has 0 bridgehead atoms. The second kappa shape index (κ2) is 6.69. The van der Waals surface area contributed by atoms with Crippen LogP contribution in [0.5, 0.6) is 0 Å². The van der Waals surface area contributed by atoms with E-state index in [2.05, 4.69) is 5.32 Å². The molecule has 5 nitrogen and oxygen atoms in total. The Morgan fingerprint density at radius 3 is 2.52 bits per heavy atom. The minimum Gasteiger partial charge on any atom is -0.345 e. The minimum absolute atomic E-state index is 0.0295. The van der Waals surface area contributed by atoms with Gasteiger partial charge in [-0.3, -0.25) is 9.10 Å². The number of carbonyl (C=O) groups is 1. The molecule has 132 valence electrons. The Bertz CT molecular complexity index is 910. The standard InChI is InChI=1S/C18H19ClN2O3S/c1-21(25(2,23)24)15-7-3-12(4-8-15)18(22)20-17-10-5-13-11-14(19)6-9-16(13)17/h3-4,6-9,11,17H,5,10H2,1-2H3,(H,20,22)/t17-/m0/s1. The van der Waals surface area contributed by atoms with Crippen molar-refractivity contribution in [1.29, 1.82) is 0 Å². The number of hydrogen-bond acceptors (Lipinski definition) is 3. The van der Waals surface area contributed by atoms with Gasteiger partial charge in [0, 0.05) is 17.6 Å². The molecule has 0 aromatic heterocycles. The summed E-state index contributed by atoms with van der Waals surface area (Å²) in [5, 5.41) is 3.74. The van der Waals surface area contributed by atoms with Crippen LogP contribution >= 0.6 is 11.6 Å². The van der Waals surface area contributed by atoms with E-state index in [-0.39, 0.29) is 11.9 Å². The molecule has 1 amide bonds. The molecular weight excluding hydrogens is 360 g/mol. The third-order valence-electron chi connectivity index (χ3n) is 4.48. The van der Waals surface area contributed by atoms with Gasteiger partial charge >= 0.3 is 0 Å². The third kappa shape index (κ3) is 3.80. The summed E-state index contributed by atoms with van der Waals surface area (Å²) in [6.45, 7) is 0. The molecule has 0 saturated carbocycles. The van der Waals surface area contributed by atoms with Gasteiger partial charge in [0.25, 0.3) is 5.91 Å². The van der Waals surface area contributed by atoms with Crippen LogP contribution in [-0.2, 0) is 16.4 Å². The van der Waals surface area contributed by atoms with Crippen LogP contribution in [0.15, 0.2) is 42.5 Å². The maximum atomic E-state index is 12.5. The number of nitrogens with zero attached hydrogens (tertiary/aromatic N) is 1. The van der Waals surface area contributed by atoms with Crippen molar-refractivity contribution in [3.63, 3.8) is 0 Å². The fourth-order valence-electron chi connectivity index (χ4n) is 2.99. The number of aryl methyl sites for hydroxylation is 1. The molecule has 0 unspecified atom stereocenters. The fraction of sp³-hybridized carbons (Fsp3) is 0.278. The number of hydrogen-bond donors (Lipinski definition) is 1. The first-order valence-electron chi connectivity index (χ1n) is 7.89. The maximum absolute atomic E-state index is 12.5. The highest BCUT2D eigenvalue weighted by Crippen LogP contribution is 2.33. The lowest BCUT2D eigenvalue weighted by atomic mass is 10.1. The third-order valence-corrected chi connectivity index (χ3v) is 5.92. The summed E-state index contributed by atoms with van der Waals surface area (Å²) in [7, 11) is -1.85. The molecule has 0 saturated heterocycles. The number of carbonyl (C=O) groups excluding carboxylic acids is 1. The van der Waals surface area contributed by atoms with Crippen molar-refractivity contribution in [2.45, 2.75) is 18.9 Å². The van der Waals surface area contributed by atoms with Crippen LogP contribution in [0.25, 0.3) is 0 Å². The molecule has 2 aromatic rings. The molecule has 25 heavy (non-hydrogen) atoms. The molecule has 0 fully saturated rings. The van der Waals surface area contributed by atoms with E-state index in [0.717, 1.165) is 24.7 Å². The van der Waals surface area contributed by atoms with E-state index in [1.54, 1.807) is 24.3 Å². The molecule has 0 radical (unpaired) electrons. The van der Waals surface area contributed by atoms with Crippen molar-refractivity contribution >= 4 is 33.2 Å². The molecule has 1 aliphatic rings. The number of sulfonamides is 1. The lowest BCUT2D eigenvalue weighted by molar-refractivity contribution is 0.0936. The monoisotopic (exact) mass is 378 g/mol. The predicted octanol–water partition coefficient (Wildman–Crippen LogP) is 3.15. The first-order chi connectivity index (χ1) is 11.8. The van der Waals surface area contributed by atoms with E-state index < -0.39 is 10.0 Å². The normalized spacial score (nSPS) is 16.4. The van der Waals surface area contributed by atoms with Gasteiger partial charge in [-0.2, -0.15) is 0 Å². The van der Waals surface area contributed by atoms with Gasteiger partial charge in [-0.15, -0.1) is 0 Å². The Morgan fingerprint density at radius 1 is 1.20 bits per heavy atom. The molecule has 0 aliphatic heterocycles. The average molecular weight is 379 g/mol. The molecule has 0 spiro atoms. The predicted molar refractivity (Wildman–Crippen MR) is 99.7 cm³/mol. The number of nitrogens with one attached hydrogen (secondary N) is 1. The Labute approximate surface area is 152 Å². The fourth-order valence-corrected chi connectivity index (χ4v) is 3.69. The van der Waals surface area contributed by atoms with Gasteiger partial charge in [0.15, 0.2) is 0 Å². The van der Waals surface area contributed by atoms with Gasteiger partial charge in [-0.05, 0) is 60.4 Å². The molecule has 0 heterocycles. The van der Waals surface area contributed by atoms with Crippen LogP contribution < -0.4 is 9.62 Å². The highest BCUT2D eigenvalue weighted by Gasteiger charge is 2.24. The maximum Gasteiger partial charge on any atom is 0.251 e. The van der Waals surface area contributed by atoms with Crippen LogP contribution in [0, 0.1) is 0 Å². The van der Waals surface area contributed by atoms with Crippen molar-refractivity contribution in [3.8, 4) is 0 Å². The summed E-state index contributed by atoms with van der Waals surface area (Å²) in [4.78, 5) is 12.5. The van der Waals surface area contributed by atoms with Gasteiger partial charge in [0.05, 0.1) is 18.0 Å². The number of amides is 1. The van der Waals surface area contributed by atoms with Crippen LogP contribution in [0.3, 0.4) is 0 Å². The van der Waals surface area contributed by atoms with Crippen LogP contribution in [0.2, 0.25) is 5.02 Å². The first-order valence-corrected chi connectivity index (χ1v) is 10.1. The van der Waals surface area contributed by atoms with Crippen molar-refractivity contribution in [3.05, 3.63) is 64.2 Å². The second-order valence-corrected chi connectivity index (χ2v) is 8.64. The zero-order valence-electron chi connectivity index (χ0n) is 14.0. The van der Waals surface area contributed by atoms with Crippen LogP contribution in [0.1, 0.15) is 33.9 Å². The van der Waals surface area contributed by atoms with Gasteiger partial charge < -0.3 is 5.32 Å². The zero-order chi connectivity index (χ0) is 18.2. The SMILES string of the molecule is CN(c1ccc(C(=O)N[C@H]2CCc3cc(Cl)ccc32)cc1)S(C)(=O)=O. The van der Waals surface area contributed by atoms with Crippen molar-refractivity contribution in [2.24, 2.45) is 0 Å². The first kappa shape index (κ1) is 17.8.